The van der Waals surface area contributed by atoms with Gasteiger partial charge in [-0.1, -0.05) is 42.5 Å². The van der Waals surface area contributed by atoms with Crippen molar-refractivity contribution in [3.8, 4) is 0 Å². The van der Waals surface area contributed by atoms with E-state index >= 15 is 0 Å². The van der Waals surface area contributed by atoms with E-state index in [2.05, 4.69) is 68.6 Å². The van der Waals surface area contributed by atoms with Crippen LogP contribution in [-0.4, -0.2) is 68.0 Å². The molecule has 1 N–H and O–H groups in total. The highest BCUT2D eigenvalue weighted by atomic mass is 16.2. The summed E-state index contributed by atoms with van der Waals surface area (Å²) >= 11 is 0. The minimum atomic E-state index is 0.135. The highest BCUT2D eigenvalue weighted by molar-refractivity contribution is 5.86. The lowest BCUT2D eigenvalue weighted by atomic mass is 10.0. The molecule has 0 radical (unpaired) electrons. The molecular formula is C23H29N5O. The zero-order valence-corrected chi connectivity index (χ0v) is 17.1. The third-order valence-corrected chi connectivity index (χ3v) is 5.79. The minimum Gasteiger partial charge on any atom is -0.368 e. The standard InChI is InChI=1S/C23H29N5O/c1-24-23(28-12-11-19-7-5-6-8-20(19)18-28)25-17-22(29)27-15-13-26(14-16-27)21-9-3-2-4-10-21/h2-10H,11-18H2,1H3,(H,24,25). The second kappa shape index (κ2) is 8.99. The fourth-order valence-electron chi connectivity index (χ4n) is 4.13. The number of hydrogen-bond acceptors (Lipinski definition) is 3. The Balaban J connectivity index is 1.27. The van der Waals surface area contributed by atoms with E-state index in [1.54, 1.807) is 7.05 Å². The van der Waals surface area contributed by atoms with Crippen LogP contribution in [0.2, 0.25) is 0 Å². The largest absolute Gasteiger partial charge is 0.368 e. The van der Waals surface area contributed by atoms with Gasteiger partial charge in [-0.3, -0.25) is 9.79 Å². The number of anilines is 1. The first-order valence-electron chi connectivity index (χ1n) is 10.3. The van der Waals surface area contributed by atoms with Gasteiger partial charge >= 0.3 is 0 Å². The van der Waals surface area contributed by atoms with E-state index in [-0.39, 0.29) is 12.5 Å². The van der Waals surface area contributed by atoms with Crippen LogP contribution in [0.15, 0.2) is 59.6 Å². The van der Waals surface area contributed by atoms with Crippen LogP contribution in [-0.2, 0) is 17.8 Å². The molecule has 2 heterocycles. The maximum Gasteiger partial charge on any atom is 0.242 e. The van der Waals surface area contributed by atoms with Crippen LogP contribution in [0.3, 0.4) is 0 Å². The molecule has 0 aliphatic carbocycles. The van der Waals surface area contributed by atoms with Crippen molar-refractivity contribution in [2.75, 3.05) is 51.2 Å². The van der Waals surface area contributed by atoms with Gasteiger partial charge in [-0.15, -0.1) is 0 Å². The highest BCUT2D eigenvalue weighted by Crippen LogP contribution is 2.18. The predicted octanol–water partition coefficient (Wildman–Crippen LogP) is 1.97. The van der Waals surface area contributed by atoms with Gasteiger partial charge in [0, 0.05) is 52.0 Å². The van der Waals surface area contributed by atoms with Gasteiger partial charge in [0.25, 0.3) is 0 Å². The summed E-state index contributed by atoms with van der Waals surface area (Å²) in [4.78, 5) is 23.6. The molecule has 1 saturated heterocycles. The average Bonchev–Trinajstić information content (AvgIpc) is 2.80. The minimum absolute atomic E-state index is 0.135. The molecule has 0 spiro atoms. The lowest BCUT2D eigenvalue weighted by Crippen LogP contribution is -2.52. The number of para-hydroxylation sites is 1. The van der Waals surface area contributed by atoms with Gasteiger partial charge in [-0.05, 0) is 29.7 Å². The molecule has 0 atom stereocenters. The fourth-order valence-corrected chi connectivity index (χ4v) is 4.13. The maximum atomic E-state index is 12.7. The number of nitrogens with zero attached hydrogens (tertiary/aromatic N) is 4. The van der Waals surface area contributed by atoms with Crippen LogP contribution in [0.4, 0.5) is 5.69 Å². The molecule has 1 fully saturated rings. The Morgan fingerprint density at radius 1 is 0.897 bits per heavy atom. The normalized spacial score (nSPS) is 17.1. The van der Waals surface area contributed by atoms with Crippen molar-refractivity contribution in [3.63, 3.8) is 0 Å². The van der Waals surface area contributed by atoms with E-state index in [1.165, 1.54) is 16.8 Å². The van der Waals surface area contributed by atoms with Crippen LogP contribution >= 0.6 is 0 Å². The number of hydrogen-bond donors (Lipinski definition) is 1. The second-order valence-corrected chi connectivity index (χ2v) is 7.54. The number of rotatable bonds is 3. The maximum absolute atomic E-state index is 12.7. The van der Waals surface area contributed by atoms with E-state index in [9.17, 15) is 4.79 Å². The van der Waals surface area contributed by atoms with Gasteiger partial charge in [0.2, 0.25) is 5.91 Å². The van der Waals surface area contributed by atoms with Crippen molar-refractivity contribution >= 4 is 17.6 Å². The van der Waals surface area contributed by atoms with E-state index in [0.717, 1.165) is 51.6 Å². The van der Waals surface area contributed by atoms with Crippen molar-refractivity contribution < 1.29 is 4.79 Å². The quantitative estimate of drug-likeness (QED) is 0.642. The zero-order valence-electron chi connectivity index (χ0n) is 17.1. The van der Waals surface area contributed by atoms with E-state index < -0.39 is 0 Å². The number of carbonyl (C=O) groups is 1. The van der Waals surface area contributed by atoms with Gasteiger partial charge in [-0.2, -0.15) is 0 Å². The van der Waals surface area contributed by atoms with Gasteiger partial charge in [0.1, 0.15) is 0 Å². The predicted molar refractivity (Wildman–Crippen MR) is 117 cm³/mol. The van der Waals surface area contributed by atoms with Crippen LogP contribution in [0.25, 0.3) is 0 Å². The summed E-state index contributed by atoms with van der Waals surface area (Å²) in [5.41, 5.74) is 3.97. The number of piperazine rings is 1. The zero-order chi connectivity index (χ0) is 20.1. The lowest BCUT2D eigenvalue weighted by molar-refractivity contribution is -0.130. The molecule has 2 aliphatic heterocycles. The van der Waals surface area contributed by atoms with Crippen LogP contribution in [0.1, 0.15) is 11.1 Å². The third kappa shape index (κ3) is 4.53. The SMILES string of the molecule is CN=C(NCC(=O)N1CCN(c2ccccc2)CC1)N1CCc2ccccc2C1. The molecule has 152 valence electrons. The topological polar surface area (TPSA) is 51.2 Å². The molecule has 1 amide bonds. The Kier molecular flexibility index (Phi) is 5.98. The van der Waals surface area contributed by atoms with E-state index in [1.807, 2.05) is 11.0 Å². The molecule has 29 heavy (non-hydrogen) atoms. The number of carbonyl (C=O) groups excluding carboxylic acids is 1. The number of aliphatic imine (C=N–C) groups is 1. The van der Waals surface area contributed by atoms with Gasteiger partial charge in [-0.25, -0.2) is 0 Å². The van der Waals surface area contributed by atoms with Crippen molar-refractivity contribution in [1.82, 2.24) is 15.1 Å². The summed E-state index contributed by atoms with van der Waals surface area (Å²) in [6, 6.07) is 18.9. The first-order chi connectivity index (χ1) is 14.2. The van der Waals surface area contributed by atoms with Crippen molar-refractivity contribution in [2.24, 2.45) is 4.99 Å². The Labute approximate surface area is 172 Å². The molecule has 4 rings (SSSR count). The molecule has 2 aliphatic rings. The summed E-state index contributed by atoms with van der Waals surface area (Å²) in [6.45, 7) is 5.29. The summed E-state index contributed by atoms with van der Waals surface area (Å²) in [5, 5.41) is 3.28. The molecule has 0 aromatic heterocycles. The first-order valence-corrected chi connectivity index (χ1v) is 10.3. The number of benzene rings is 2. The molecular weight excluding hydrogens is 362 g/mol. The Hall–Kier alpha value is -3.02. The highest BCUT2D eigenvalue weighted by Gasteiger charge is 2.23. The summed E-state index contributed by atoms with van der Waals surface area (Å²) < 4.78 is 0. The molecule has 2 aromatic carbocycles. The van der Waals surface area contributed by atoms with Crippen LogP contribution in [0.5, 0.6) is 0 Å². The monoisotopic (exact) mass is 391 g/mol. The van der Waals surface area contributed by atoms with Crippen LogP contribution < -0.4 is 10.2 Å². The average molecular weight is 392 g/mol. The van der Waals surface area contributed by atoms with Crippen molar-refractivity contribution in [1.29, 1.82) is 0 Å². The third-order valence-electron chi connectivity index (χ3n) is 5.79. The number of amides is 1. The molecule has 0 bridgehead atoms. The Morgan fingerprint density at radius 2 is 1.59 bits per heavy atom. The van der Waals surface area contributed by atoms with Crippen molar-refractivity contribution in [3.05, 3.63) is 65.7 Å². The van der Waals surface area contributed by atoms with E-state index in [0.29, 0.717) is 0 Å². The number of nitrogens with one attached hydrogen (secondary N) is 1. The second-order valence-electron chi connectivity index (χ2n) is 7.54. The molecule has 6 nitrogen and oxygen atoms in total. The number of guanidine groups is 1. The molecule has 0 unspecified atom stereocenters. The van der Waals surface area contributed by atoms with Gasteiger partial charge < -0.3 is 20.0 Å². The van der Waals surface area contributed by atoms with Gasteiger partial charge in [0.05, 0.1) is 6.54 Å². The summed E-state index contributed by atoms with van der Waals surface area (Å²) in [6.07, 6.45) is 1.01. The Morgan fingerprint density at radius 3 is 2.31 bits per heavy atom. The lowest BCUT2D eigenvalue weighted by Gasteiger charge is -2.36. The van der Waals surface area contributed by atoms with Crippen molar-refractivity contribution in [2.45, 2.75) is 13.0 Å². The summed E-state index contributed by atoms with van der Waals surface area (Å²) in [5.74, 6) is 0.937. The first kappa shape index (κ1) is 19.3. The number of fused-ring (bicyclic) bond motifs is 1. The van der Waals surface area contributed by atoms with Gasteiger partial charge in [0.15, 0.2) is 5.96 Å². The van der Waals surface area contributed by atoms with Crippen LogP contribution in [0, 0.1) is 0 Å². The molecule has 6 heteroatoms. The molecule has 0 saturated carbocycles. The van der Waals surface area contributed by atoms with E-state index in [4.69, 9.17) is 0 Å². The molecule has 2 aromatic rings. The smallest absolute Gasteiger partial charge is 0.242 e. The fraction of sp³-hybridized carbons (Fsp3) is 0.391. The Bertz CT molecular complexity index is 859. The summed E-state index contributed by atoms with van der Waals surface area (Å²) in [7, 11) is 1.78.